The maximum Gasteiger partial charge on any atom is 0.246 e. The number of phenolic OH excluding ortho intramolecular Hbond substituents is 1. The van der Waals surface area contributed by atoms with Crippen molar-refractivity contribution in [2.45, 2.75) is 52.5 Å². The molecule has 2 atom stereocenters. The zero-order valence-corrected chi connectivity index (χ0v) is 12.9. The maximum absolute atomic E-state index is 9.87. The molecule has 2 unspecified atom stereocenters. The molecule has 0 amide bonds. The van der Waals surface area contributed by atoms with E-state index in [2.05, 4.69) is 16.2 Å². The van der Waals surface area contributed by atoms with E-state index in [-0.39, 0.29) is 5.75 Å². The molecule has 0 saturated heterocycles. The van der Waals surface area contributed by atoms with E-state index in [4.69, 9.17) is 9.47 Å². The summed E-state index contributed by atoms with van der Waals surface area (Å²) in [6.07, 6.45) is 0.993. The number of aromatic hydroxyl groups is 1. The molecule has 0 radical (unpaired) electrons. The van der Waals surface area contributed by atoms with Gasteiger partial charge in [0.1, 0.15) is 0 Å². The van der Waals surface area contributed by atoms with Gasteiger partial charge in [-0.1, -0.05) is 20.8 Å². The normalized spacial score (nSPS) is 16.8. The molecule has 1 aromatic carbocycles. The second-order valence-corrected chi connectivity index (χ2v) is 5.29. The number of phenols is 1. The first-order chi connectivity index (χ1) is 8.43. The third-order valence-electron chi connectivity index (χ3n) is 2.63. The van der Waals surface area contributed by atoms with Crippen LogP contribution in [0.3, 0.4) is 0 Å². The van der Waals surface area contributed by atoms with Gasteiger partial charge in [-0.25, -0.2) is 0 Å². The molecule has 0 spiro atoms. The van der Waals surface area contributed by atoms with Crippen LogP contribution in [-0.2, 0) is 0 Å². The zero-order chi connectivity index (χ0) is 13.9. The number of benzene rings is 1. The lowest BCUT2D eigenvalue weighted by atomic mass is 10.1. The van der Waals surface area contributed by atoms with Gasteiger partial charge in [0.05, 0.1) is 0 Å². The van der Waals surface area contributed by atoms with E-state index in [1.54, 1.807) is 6.07 Å². The van der Waals surface area contributed by atoms with Gasteiger partial charge in [0, 0.05) is 13.8 Å². The Balaban J connectivity index is 0.000000771. The van der Waals surface area contributed by atoms with Crippen LogP contribution in [-0.4, -0.2) is 10.9 Å². The molecule has 2 rings (SSSR count). The van der Waals surface area contributed by atoms with E-state index in [0.29, 0.717) is 17.2 Å². The Morgan fingerprint density at radius 3 is 2.44 bits per heavy atom. The van der Waals surface area contributed by atoms with E-state index in [9.17, 15) is 5.11 Å². The molecule has 3 nitrogen and oxygen atoms in total. The molecule has 0 aliphatic carbocycles. The van der Waals surface area contributed by atoms with Gasteiger partial charge in [-0.05, 0) is 29.8 Å². The molecule has 0 fully saturated rings. The third-order valence-corrected chi connectivity index (χ3v) is 3.49. The number of ether oxygens (including phenoxy) is 2. The van der Waals surface area contributed by atoms with Crippen molar-refractivity contribution in [1.82, 2.24) is 0 Å². The molecule has 1 aliphatic rings. The average molecular weight is 270 g/mol. The van der Waals surface area contributed by atoms with E-state index < -0.39 is 5.79 Å². The second-order valence-electron chi connectivity index (χ2n) is 4.49. The smallest absolute Gasteiger partial charge is 0.246 e. The predicted molar refractivity (Wildman–Crippen MR) is 77.5 cm³/mol. The van der Waals surface area contributed by atoms with Gasteiger partial charge >= 0.3 is 0 Å². The summed E-state index contributed by atoms with van der Waals surface area (Å²) in [6.45, 7) is 9.75. The highest BCUT2D eigenvalue weighted by Crippen LogP contribution is 2.48. The summed E-state index contributed by atoms with van der Waals surface area (Å²) in [4.78, 5) is 0. The third kappa shape index (κ3) is 3.08. The van der Waals surface area contributed by atoms with Crippen LogP contribution >= 0.6 is 9.24 Å². The Morgan fingerprint density at radius 1 is 1.28 bits per heavy atom. The molecular weight excluding hydrogens is 247 g/mol. The standard InChI is InChI=1S/C12H17O3P.C2H6/c1-4-10(16)7-5-8(13)11-9(6-7)14-12(2,3)15-11;1-2/h5-6,10,13H,4,16H2,1-3H3;1-2H3. The molecule has 0 aromatic heterocycles. The average Bonchev–Trinajstić information content (AvgIpc) is 2.65. The van der Waals surface area contributed by atoms with Crippen LogP contribution in [0.4, 0.5) is 0 Å². The first-order valence-corrected chi connectivity index (χ1v) is 7.10. The molecule has 1 N–H and O–H groups in total. The van der Waals surface area contributed by atoms with Crippen LogP contribution in [0.2, 0.25) is 0 Å². The fourth-order valence-corrected chi connectivity index (χ4v) is 1.96. The SMILES string of the molecule is CC.CCC(P)c1cc(O)c2c(c1)OC(C)(C)O2. The molecule has 18 heavy (non-hydrogen) atoms. The highest BCUT2D eigenvalue weighted by Gasteiger charge is 2.34. The quantitative estimate of drug-likeness (QED) is 0.816. The summed E-state index contributed by atoms with van der Waals surface area (Å²) in [5, 5.41) is 9.87. The van der Waals surface area contributed by atoms with Crippen molar-refractivity contribution in [3.8, 4) is 17.2 Å². The monoisotopic (exact) mass is 270 g/mol. The lowest BCUT2D eigenvalue weighted by Crippen LogP contribution is -2.29. The van der Waals surface area contributed by atoms with Crippen molar-refractivity contribution in [2.24, 2.45) is 0 Å². The Labute approximate surface area is 112 Å². The van der Waals surface area contributed by atoms with Crippen LogP contribution in [0.15, 0.2) is 12.1 Å². The minimum absolute atomic E-state index is 0.152. The minimum atomic E-state index is -0.693. The number of hydrogen-bond acceptors (Lipinski definition) is 3. The van der Waals surface area contributed by atoms with Gasteiger partial charge in [-0.2, -0.15) is 0 Å². The molecule has 4 heteroatoms. The molecule has 0 bridgehead atoms. The molecule has 102 valence electrons. The minimum Gasteiger partial charge on any atom is -0.504 e. The lowest BCUT2D eigenvalue weighted by Gasteiger charge is -2.16. The van der Waals surface area contributed by atoms with E-state index in [0.717, 1.165) is 12.0 Å². The summed E-state index contributed by atoms with van der Waals surface area (Å²) >= 11 is 0. The first kappa shape index (κ1) is 15.1. The zero-order valence-electron chi connectivity index (χ0n) is 11.8. The maximum atomic E-state index is 9.87. The van der Waals surface area contributed by atoms with Crippen molar-refractivity contribution < 1.29 is 14.6 Å². The highest BCUT2D eigenvalue weighted by atomic mass is 31.0. The Hall–Kier alpha value is -0.950. The predicted octanol–water partition coefficient (Wildman–Crippen LogP) is 4.25. The Kier molecular flexibility index (Phi) is 4.86. The van der Waals surface area contributed by atoms with Gasteiger partial charge in [0.2, 0.25) is 11.5 Å². The van der Waals surface area contributed by atoms with Gasteiger partial charge in [0.25, 0.3) is 0 Å². The fraction of sp³-hybridized carbons (Fsp3) is 0.571. The van der Waals surface area contributed by atoms with E-state index in [1.165, 1.54) is 0 Å². The molecular formula is C14H23O3P. The molecule has 1 aromatic rings. The van der Waals surface area contributed by atoms with Crippen molar-refractivity contribution in [2.75, 3.05) is 0 Å². The summed E-state index contributed by atoms with van der Waals surface area (Å²) in [5.41, 5.74) is 1.37. The van der Waals surface area contributed by atoms with E-state index in [1.807, 2.05) is 33.8 Å². The number of fused-ring (bicyclic) bond motifs is 1. The van der Waals surface area contributed by atoms with Gasteiger partial charge in [-0.3, -0.25) is 0 Å². The van der Waals surface area contributed by atoms with Crippen molar-refractivity contribution in [3.63, 3.8) is 0 Å². The van der Waals surface area contributed by atoms with Gasteiger partial charge in [0.15, 0.2) is 11.5 Å². The summed E-state index contributed by atoms with van der Waals surface area (Å²) < 4.78 is 11.1. The molecule has 0 saturated carbocycles. The number of rotatable bonds is 2. The summed E-state index contributed by atoms with van der Waals surface area (Å²) in [6, 6.07) is 3.68. The van der Waals surface area contributed by atoms with Crippen LogP contribution in [0, 0.1) is 0 Å². The van der Waals surface area contributed by atoms with Crippen LogP contribution in [0.1, 0.15) is 52.3 Å². The second kappa shape index (κ2) is 5.79. The van der Waals surface area contributed by atoms with Crippen molar-refractivity contribution >= 4 is 9.24 Å². The van der Waals surface area contributed by atoms with Crippen molar-refractivity contribution in [3.05, 3.63) is 17.7 Å². The largest absolute Gasteiger partial charge is 0.504 e. The highest BCUT2D eigenvalue weighted by molar-refractivity contribution is 7.17. The molecule has 1 heterocycles. The van der Waals surface area contributed by atoms with Crippen molar-refractivity contribution in [1.29, 1.82) is 0 Å². The van der Waals surface area contributed by atoms with Crippen LogP contribution in [0.5, 0.6) is 17.2 Å². The topological polar surface area (TPSA) is 38.7 Å². The van der Waals surface area contributed by atoms with Gasteiger partial charge < -0.3 is 14.6 Å². The lowest BCUT2D eigenvalue weighted by molar-refractivity contribution is -0.0439. The van der Waals surface area contributed by atoms with E-state index >= 15 is 0 Å². The van der Waals surface area contributed by atoms with Crippen LogP contribution in [0.25, 0.3) is 0 Å². The Morgan fingerprint density at radius 2 is 1.89 bits per heavy atom. The Bertz CT molecular complexity index is 416. The fourth-order valence-electron chi connectivity index (χ4n) is 1.77. The van der Waals surface area contributed by atoms with Gasteiger partial charge in [-0.15, -0.1) is 9.24 Å². The summed E-state index contributed by atoms with van der Waals surface area (Å²) in [5.74, 6) is 0.531. The molecule has 1 aliphatic heterocycles. The number of hydrogen-bond donors (Lipinski definition) is 1. The van der Waals surface area contributed by atoms with Crippen LogP contribution < -0.4 is 9.47 Å². The summed E-state index contributed by atoms with van der Waals surface area (Å²) in [7, 11) is 2.76. The first-order valence-electron chi connectivity index (χ1n) is 6.43.